The summed E-state index contributed by atoms with van der Waals surface area (Å²) in [6, 6.07) is 6.37. The Labute approximate surface area is 117 Å². The summed E-state index contributed by atoms with van der Waals surface area (Å²) in [5, 5.41) is 15.1. The van der Waals surface area contributed by atoms with E-state index in [1.165, 1.54) is 4.90 Å². The van der Waals surface area contributed by atoms with E-state index in [1.54, 1.807) is 38.4 Å². The topological polar surface area (TPSA) is 81.7 Å². The van der Waals surface area contributed by atoms with Gasteiger partial charge < -0.3 is 20.6 Å². The maximum absolute atomic E-state index is 11.9. The smallest absolute Gasteiger partial charge is 0.253 e. The Morgan fingerprint density at radius 1 is 1.30 bits per heavy atom. The molecule has 6 nitrogen and oxygen atoms in total. The number of benzene rings is 1. The van der Waals surface area contributed by atoms with Gasteiger partial charge in [-0.3, -0.25) is 9.59 Å². The van der Waals surface area contributed by atoms with Crippen molar-refractivity contribution in [3.8, 4) is 0 Å². The number of rotatable bonds is 3. The molecule has 20 heavy (non-hydrogen) atoms. The molecule has 6 heteroatoms. The van der Waals surface area contributed by atoms with Crippen LogP contribution in [0.5, 0.6) is 0 Å². The van der Waals surface area contributed by atoms with Crippen LogP contribution in [0.3, 0.4) is 0 Å². The van der Waals surface area contributed by atoms with E-state index >= 15 is 0 Å². The fourth-order valence-corrected chi connectivity index (χ4v) is 2.10. The van der Waals surface area contributed by atoms with Crippen LogP contribution in [-0.2, 0) is 4.79 Å². The highest BCUT2D eigenvalue weighted by Gasteiger charge is 2.27. The van der Waals surface area contributed by atoms with Crippen LogP contribution < -0.4 is 10.6 Å². The Hall–Kier alpha value is -1.92. The zero-order valence-corrected chi connectivity index (χ0v) is 11.6. The Morgan fingerprint density at radius 3 is 2.45 bits per heavy atom. The van der Waals surface area contributed by atoms with Crippen LogP contribution in [0.1, 0.15) is 16.8 Å². The number of aliphatic hydroxyl groups excluding tert-OH is 1. The molecule has 3 N–H and O–H groups in total. The average Bonchev–Trinajstić information content (AvgIpc) is 2.85. The molecule has 2 rings (SSSR count). The number of nitrogens with zero attached hydrogens (tertiary/aromatic N) is 1. The fourth-order valence-electron chi connectivity index (χ4n) is 2.10. The second-order valence-corrected chi connectivity index (χ2v) is 5.12. The monoisotopic (exact) mass is 277 g/mol. The summed E-state index contributed by atoms with van der Waals surface area (Å²) in [6.07, 6.45) is -0.0471. The van der Waals surface area contributed by atoms with Crippen molar-refractivity contribution < 1.29 is 14.7 Å². The maximum atomic E-state index is 11.9. The van der Waals surface area contributed by atoms with Crippen molar-refractivity contribution in [3.05, 3.63) is 29.8 Å². The predicted octanol–water partition coefficient (Wildman–Crippen LogP) is 0.0497. The first kappa shape index (κ1) is 14.5. The predicted molar refractivity (Wildman–Crippen MR) is 75.5 cm³/mol. The first-order valence-electron chi connectivity index (χ1n) is 6.51. The second-order valence-electron chi connectivity index (χ2n) is 5.12. The van der Waals surface area contributed by atoms with E-state index in [0.717, 1.165) is 0 Å². The molecule has 1 fully saturated rings. The number of carbonyl (C=O) groups is 2. The van der Waals surface area contributed by atoms with Crippen LogP contribution in [-0.4, -0.2) is 54.6 Å². The molecule has 2 amide bonds. The molecule has 0 aliphatic carbocycles. The molecule has 0 bridgehead atoms. The highest BCUT2D eigenvalue weighted by molar-refractivity contribution is 5.97. The number of β-amino-alcohol motifs (C(OH)–C–C–N with tert-alkyl or cyclic N) is 1. The third-order valence-corrected chi connectivity index (χ3v) is 3.23. The molecule has 108 valence electrons. The van der Waals surface area contributed by atoms with E-state index in [0.29, 0.717) is 24.2 Å². The third kappa shape index (κ3) is 3.34. The summed E-state index contributed by atoms with van der Waals surface area (Å²) in [6.45, 7) is 0.439. The van der Waals surface area contributed by atoms with Gasteiger partial charge in [0.1, 0.15) is 0 Å². The van der Waals surface area contributed by atoms with Gasteiger partial charge in [0.2, 0.25) is 5.91 Å². The molecule has 1 heterocycles. The molecule has 1 aromatic rings. The second kappa shape index (κ2) is 6.02. The van der Waals surface area contributed by atoms with Gasteiger partial charge in [-0.2, -0.15) is 0 Å². The Bertz CT molecular complexity index is 499. The minimum atomic E-state index is -0.467. The third-order valence-electron chi connectivity index (χ3n) is 3.23. The first-order chi connectivity index (χ1) is 9.47. The first-order valence-corrected chi connectivity index (χ1v) is 6.51. The Morgan fingerprint density at radius 2 is 1.95 bits per heavy atom. The van der Waals surface area contributed by atoms with E-state index in [9.17, 15) is 14.7 Å². The number of hydrogen-bond acceptors (Lipinski definition) is 4. The fraction of sp³-hybridized carbons (Fsp3) is 0.429. The molecule has 0 aromatic heterocycles. The van der Waals surface area contributed by atoms with Crippen molar-refractivity contribution in [1.82, 2.24) is 10.2 Å². The summed E-state index contributed by atoms with van der Waals surface area (Å²) in [5.74, 6) is -0.253. The minimum absolute atomic E-state index is 0.0801. The van der Waals surface area contributed by atoms with Gasteiger partial charge in [-0.25, -0.2) is 0 Å². The molecule has 2 unspecified atom stereocenters. The van der Waals surface area contributed by atoms with Crippen molar-refractivity contribution in [3.63, 3.8) is 0 Å². The van der Waals surface area contributed by atoms with Crippen molar-refractivity contribution in [2.45, 2.75) is 18.6 Å². The van der Waals surface area contributed by atoms with Gasteiger partial charge in [0.05, 0.1) is 12.1 Å². The normalized spacial score (nSPS) is 21.6. The largest absolute Gasteiger partial charge is 0.392 e. The Kier molecular flexibility index (Phi) is 4.36. The molecule has 1 aliphatic heterocycles. The molecule has 1 saturated heterocycles. The highest BCUT2D eigenvalue weighted by Crippen LogP contribution is 2.13. The van der Waals surface area contributed by atoms with E-state index in [4.69, 9.17) is 0 Å². The SMILES string of the molecule is CN(C)C(=O)c1ccc(NC(=O)C2CC(O)CN2)cc1. The van der Waals surface area contributed by atoms with Crippen molar-refractivity contribution in [2.75, 3.05) is 26.0 Å². The van der Waals surface area contributed by atoms with Crippen molar-refractivity contribution >= 4 is 17.5 Å². The van der Waals surface area contributed by atoms with Gasteiger partial charge in [-0.15, -0.1) is 0 Å². The number of hydrogen-bond donors (Lipinski definition) is 3. The summed E-state index contributed by atoms with van der Waals surface area (Å²) >= 11 is 0. The highest BCUT2D eigenvalue weighted by atomic mass is 16.3. The van der Waals surface area contributed by atoms with Crippen LogP contribution in [0.25, 0.3) is 0 Å². The molecule has 1 aliphatic rings. The molecule has 0 spiro atoms. The molecule has 0 saturated carbocycles. The van der Waals surface area contributed by atoms with Gasteiger partial charge in [0.15, 0.2) is 0 Å². The quantitative estimate of drug-likeness (QED) is 0.729. The standard InChI is InChI=1S/C14H19N3O3/c1-17(2)14(20)9-3-5-10(6-4-9)16-13(19)12-7-11(18)8-15-12/h3-6,11-12,15,18H,7-8H2,1-2H3,(H,16,19). The lowest BCUT2D eigenvalue weighted by molar-refractivity contribution is -0.117. The minimum Gasteiger partial charge on any atom is -0.392 e. The number of amides is 2. The van der Waals surface area contributed by atoms with Gasteiger partial charge >= 0.3 is 0 Å². The summed E-state index contributed by atoms with van der Waals surface area (Å²) < 4.78 is 0. The molecular weight excluding hydrogens is 258 g/mol. The Balaban J connectivity index is 1.97. The average molecular weight is 277 g/mol. The summed E-state index contributed by atoms with van der Waals surface area (Å²) in [5.41, 5.74) is 1.20. The van der Waals surface area contributed by atoms with Gasteiger partial charge in [-0.1, -0.05) is 0 Å². The maximum Gasteiger partial charge on any atom is 0.253 e. The van der Waals surface area contributed by atoms with Crippen molar-refractivity contribution in [1.29, 1.82) is 0 Å². The molecule has 0 radical (unpaired) electrons. The number of carbonyl (C=O) groups excluding carboxylic acids is 2. The zero-order valence-electron chi connectivity index (χ0n) is 11.6. The van der Waals surface area contributed by atoms with E-state index in [-0.39, 0.29) is 17.9 Å². The summed E-state index contributed by atoms with van der Waals surface area (Å²) in [4.78, 5) is 25.1. The summed E-state index contributed by atoms with van der Waals surface area (Å²) in [7, 11) is 3.38. The number of aliphatic hydroxyl groups is 1. The lowest BCUT2D eigenvalue weighted by atomic mass is 10.1. The number of nitrogens with one attached hydrogen (secondary N) is 2. The van der Waals surface area contributed by atoms with Crippen LogP contribution in [0.4, 0.5) is 5.69 Å². The van der Waals surface area contributed by atoms with Crippen LogP contribution in [0.2, 0.25) is 0 Å². The molecule has 1 aromatic carbocycles. The molecular formula is C14H19N3O3. The van der Waals surface area contributed by atoms with Gasteiger partial charge in [-0.05, 0) is 30.7 Å². The van der Waals surface area contributed by atoms with E-state index in [2.05, 4.69) is 10.6 Å². The van der Waals surface area contributed by atoms with E-state index < -0.39 is 6.10 Å². The van der Waals surface area contributed by atoms with Crippen molar-refractivity contribution in [2.24, 2.45) is 0 Å². The van der Waals surface area contributed by atoms with Gasteiger partial charge in [0.25, 0.3) is 5.91 Å². The van der Waals surface area contributed by atoms with Crippen LogP contribution in [0.15, 0.2) is 24.3 Å². The lowest BCUT2D eigenvalue weighted by Gasteiger charge is -2.13. The molecule has 2 atom stereocenters. The van der Waals surface area contributed by atoms with E-state index in [1.807, 2.05) is 0 Å². The zero-order chi connectivity index (χ0) is 14.7. The van der Waals surface area contributed by atoms with Crippen LogP contribution in [0, 0.1) is 0 Å². The van der Waals surface area contributed by atoms with Crippen LogP contribution >= 0.6 is 0 Å². The number of anilines is 1. The van der Waals surface area contributed by atoms with Gasteiger partial charge in [0, 0.05) is 31.9 Å². The lowest BCUT2D eigenvalue weighted by Crippen LogP contribution is -2.35.